The number of carbonyl (C=O) groups excluding carboxylic acids is 1. The first-order valence-electron chi connectivity index (χ1n) is 7.92. The van der Waals surface area contributed by atoms with E-state index in [9.17, 15) is 4.79 Å². The van der Waals surface area contributed by atoms with Crippen molar-refractivity contribution >= 4 is 11.7 Å². The smallest absolute Gasteiger partial charge is 0.322 e. The summed E-state index contributed by atoms with van der Waals surface area (Å²) in [6, 6.07) is 9.63. The van der Waals surface area contributed by atoms with Crippen molar-refractivity contribution in [1.82, 2.24) is 14.7 Å². The normalized spacial score (nSPS) is 17.8. The van der Waals surface area contributed by atoms with Gasteiger partial charge in [-0.05, 0) is 0 Å². The van der Waals surface area contributed by atoms with Crippen LogP contribution in [0, 0.1) is 0 Å². The number of hydrogen-bond acceptors (Lipinski definition) is 4. The maximum absolute atomic E-state index is 12.7. The lowest BCUT2D eigenvalue weighted by Gasteiger charge is -2.35. The number of urea groups is 1. The average Bonchev–Trinajstić information content (AvgIpc) is 2.96. The summed E-state index contributed by atoms with van der Waals surface area (Å²) in [4.78, 5) is 14.5. The number of methoxy groups -OCH3 is 1. The van der Waals surface area contributed by atoms with Crippen LogP contribution in [0.5, 0.6) is 0 Å². The number of ether oxygens (including phenoxy) is 2. The number of carbonyl (C=O) groups is 1. The zero-order valence-corrected chi connectivity index (χ0v) is 13.9. The highest BCUT2D eigenvalue weighted by Crippen LogP contribution is 2.27. The molecule has 3 rings (SSSR count). The first-order valence-corrected chi connectivity index (χ1v) is 7.92. The van der Waals surface area contributed by atoms with E-state index in [1.807, 2.05) is 37.4 Å². The molecule has 128 valence electrons. The number of aromatic nitrogens is 2. The molecule has 2 heterocycles. The molecule has 1 saturated heterocycles. The molecule has 1 aliphatic rings. The van der Waals surface area contributed by atoms with Crippen molar-refractivity contribution in [3.05, 3.63) is 36.5 Å². The number of aryl methyl sites for hydroxylation is 1. The summed E-state index contributed by atoms with van der Waals surface area (Å²) in [7, 11) is 3.49. The van der Waals surface area contributed by atoms with Gasteiger partial charge in [0, 0.05) is 26.3 Å². The van der Waals surface area contributed by atoms with Crippen molar-refractivity contribution < 1.29 is 14.3 Å². The van der Waals surface area contributed by atoms with Gasteiger partial charge in [0.25, 0.3) is 0 Å². The van der Waals surface area contributed by atoms with Crippen molar-refractivity contribution in [2.24, 2.45) is 7.05 Å². The molecular formula is C17H22N4O3. The zero-order chi connectivity index (χ0) is 16.9. The van der Waals surface area contributed by atoms with Gasteiger partial charge in [0.2, 0.25) is 0 Å². The minimum Gasteiger partial charge on any atom is -0.382 e. The molecule has 2 amide bonds. The number of rotatable bonds is 4. The Bertz CT molecular complexity index is 684. The molecule has 1 aliphatic heterocycles. The Morgan fingerprint density at radius 2 is 2.21 bits per heavy atom. The molecule has 0 radical (unpaired) electrons. The Kier molecular flexibility index (Phi) is 5.12. The van der Waals surface area contributed by atoms with Crippen LogP contribution < -0.4 is 5.32 Å². The number of hydrogen-bond donors (Lipinski definition) is 1. The van der Waals surface area contributed by atoms with Gasteiger partial charge in [-0.3, -0.25) is 4.68 Å². The fourth-order valence-corrected chi connectivity index (χ4v) is 2.91. The molecular weight excluding hydrogens is 308 g/mol. The average molecular weight is 330 g/mol. The molecule has 1 aromatic heterocycles. The molecule has 0 saturated carbocycles. The summed E-state index contributed by atoms with van der Waals surface area (Å²) in [5.41, 5.74) is 2.57. The molecule has 2 aromatic rings. The van der Waals surface area contributed by atoms with Crippen LogP contribution >= 0.6 is 0 Å². The second-order valence-corrected chi connectivity index (χ2v) is 5.70. The Hall–Kier alpha value is -2.38. The third-order valence-corrected chi connectivity index (χ3v) is 4.08. The molecule has 0 bridgehead atoms. The van der Waals surface area contributed by atoms with Crippen molar-refractivity contribution in [3.63, 3.8) is 0 Å². The Balaban J connectivity index is 1.80. The highest BCUT2D eigenvalue weighted by Gasteiger charge is 2.28. The van der Waals surface area contributed by atoms with Crippen LogP contribution in [0.4, 0.5) is 10.5 Å². The number of anilines is 1. The Labute approximate surface area is 141 Å². The number of benzene rings is 1. The first-order chi connectivity index (χ1) is 11.7. The van der Waals surface area contributed by atoms with Crippen LogP contribution in [0.3, 0.4) is 0 Å². The lowest BCUT2D eigenvalue weighted by Crippen LogP contribution is -2.52. The van der Waals surface area contributed by atoms with Crippen LogP contribution in [-0.4, -0.2) is 60.2 Å². The van der Waals surface area contributed by atoms with E-state index in [1.165, 1.54) is 0 Å². The standard InChI is InChI=1S/C17H22N4O3/c1-20-16(13-6-4-3-5-7-13)15(10-18-20)19-17(22)21-8-9-24-12-14(21)11-23-2/h3-7,10,14H,8-9,11-12H2,1-2H3,(H,19,22). The van der Waals surface area contributed by atoms with Gasteiger partial charge in [-0.2, -0.15) is 5.10 Å². The van der Waals surface area contributed by atoms with Gasteiger partial charge in [-0.1, -0.05) is 30.3 Å². The highest BCUT2D eigenvalue weighted by atomic mass is 16.5. The van der Waals surface area contributed by atoms with Gasteiger partial charge in [0.05, 0.1) is 43.4 Å². The van der Waals surface area contributed by atoms with Crippen molar-refractivity contribution in [2.75, 3.05) is 38.8 Å². The largest absolute Gasteiger partial charge is 0.382 e. The van der Waals surface area contributed by atoms with Gasteiger partial charge in [-0.15, -0.1) is 0 Å². The van der Waals surface area contributed by atoms with E-state index in [-0.39, 0.29) is 12.1 Å². The predicted octanol–water partition coefficient (Wildman–Crippen LogP) is 1.97. The molecule has 0 spiro atoms. The summed E-state index contributed by atoms with van der Waals surface area (Å²) in [5, 5.41) is 7.26. The summed E-state index contributed by atoms with van der Waals surface area (Å²) in [6.07, 6.45) is 1.67. The van der Waals surface area contributed by atoms with Gasteiger partial charge in [0.15, 0.2) is 0 Å². The quantitative estimate of drug-likeness (QED) is 0.930. The van der Waals surface area contributed by atoms with Crippen LogP contribution in [0.2, 0.25) is 0 Å². The van der Waals surface area contributed by atoms with Crippen LogP contribution in [0.25, 0.3) is 11.3 Å². The molecule has 0 aliphatic carbocycles. The summed E-state index contributed by atoms with van der Waals surface area (Å²) < 4.78 is 12.4. The zero-order valence-electron chi connectivity index (χ0n) is 13.9. The Morgan fingerprint density at radius 3 is 2.96 bits per heavy atom. The third kappa shape index (κ3) is 3.42. The van der Waals surface area contributed by atoms with Crippen molar-refractivity contribution in [3.8, 4) is 11.3 Å². The first kappa shape index (κ1) is 16.5. The second kappa shape index (κ2) is 7.46. The van der Waals surface area contributed by atoms with Crippen LogP contribution in [0.15, 0.2) is 36.5 Å². The minimum atomic E-state index is -0.162. The maximum atomic E-state index is 12.7. The highest BCUT2D eigenvalue weighted by molar-refractivity contribution is 5.93. The van der Waals surface area contributed by atoms with E-state index in [2.05, 4.69) is 10.4 Å². The van der Waals surface area contributed by atoms with E-state index < -0.39 is 0 Å². The van der Waals surface area contributed by atoms with E-state index >= 15 is 0 Å². The number of morpholine rings is 1. The number of nitrogens with one attached hydrogen (secondary N) is 1. The van der Waals surface area contributed by atoms with Crippen molar-refractivity contribution in [1.29, 1.82) is 0 Å². The molecule has 7 heteroatoms. The van der Waals surface area contributed by atoms with E-state index in [0.717, 1.165) is 11.3 Å². The molecule has 7 nitrogen and oxygen atoms in total. The van der Waals surface area contributed by atoms with Crippen molar-refractivity contribution in [2.45, 2.75) is 6.04 Å². The molecule has 1 N–H and O–H groups in total. The summed E-state index contributed by atoms with van der Waals surface area (Å²) >= 11 is 0. The minimum absolute atomic E-state index is 0.0828. The summed E-state index contributed by atoms with van der Waals surface area (Å²) in [5.74, 6) is 0. The fourth-order valence-electron chi connectivity index (χ4n) is 2.91. The second-order valence-electron chi connectivity index (χ2n) is 5.70. The lowest BCUT2D eigenvalue weighted by atomic mass is 10.1. The van der Waals surface area contributed by atoms with Crippen LogP contribution in [0.1, 0.15) is 0 Å². The molecule has 1 aromatic carbocycles. The van der Waals surface area contributed by atoms with Gasteiger partial charge >= 0.3 is 6.03 Å². The van der Waals surface area contributed by atoms with Gasteiger partial charge in [-0.25, -0.2) is 4.79 Å². The number of nitrogens with zero attached hydrogens (tertiary/aromatic N) is 3. The fraction of sp³-hybridized carbons (Fsp3) is 0.412. The topological polar surface area (TPSA) is 68.6 Å². The SMILES string of the molecule is COCC1COCCN1C(=O)Nc1cnn(C)c1-c1ccccc1. The molecule has 1 fully saturated rings. The number of amides is 2. The van der Waals surface area contributed by atoms with Gasteiger partial charge in [0.1, 0.15) is 0 Å². The molecule has 24 heavy (non-hydrogen) atoms. The summed E-state index contributed by atoms with van der Waals surface area (Å²) in [6.45, 7) is 2.01. The van der Waals surface area contributed by atoms with E-state index in [1.54, 1.807) is 22.9 Å². The van der Waals surface area contributed by atoms with E-state index in [4.69, 9.17) is 9.47 Å². The third-order valence-electron chi connectivity index (χ3n) is 4.08. The van der Waals surface area contributed by atoms with Gasteiger partial charge < -0.3 is 19.7 Å². The molecule has 1 atom stereocenters. The van der Waals surface area contributed by atoms with E-state index in [0.29, 0.717) is 32.1 Å². The molecule has 1 unspecified atom stereocenters. The monoisotopic (exact) mass is 330 g/mol. The van der Waals surface area contributed by atoms with Crippen LogP contribution in [-0.2, 0) is 16.5 Å². The maximum Gasteiger partial charge on any atom is 0.322 e. The predicted molar refractivity (Wildman–Crippen MR) is 90.9 cm³/mol. The Morgan fingerprint density at radius 1 is 1.42 bits per heavy atom. The lowest BCUT2D eigenvalue weighted by molar-refractivity contribution is -0.0133.